The van der Waals surface area contributed by atoms with Crippen molar-refractivity contribution in [3.63, 3.8) is 0 Å². The monoisotopic (exact) mass is 295 g/mol. The molecule has 0 saturated heterocycles. The number of allylic oxidation sites excluding steroid dienone is 2. The summed E-state index contributed by atoms with van der Waals surface area (Å²) in [5.41, 5.74) is 10.4. The predicted molar refractivity (Wildman–Crippen MR) is 78.0 cm³/mol. The van der Waals surface area contributed by atoms with Gasteiger partial charge in [-0.25, -0.2) is 0 Å². The fourth-order valence-electron chi connectivity index (χ4n) is 1.65. The third-order valence-corrected chi connectivity index (χ3v) is 3.31. The Kier molecular flexibility index (Phi) is 3.93. The highest BCUT2D eigenvalue weighted by molar-refractivity contribution is 6.42. The van der Waals surface area contributed by atoms with E-state index in [0.717, 1.165) is 5.71 Å². The van der Waals surface area contributed by atoms with E-state index in [0.29, 0.717) is 26.9 Å². The number of nitrogens with zero attached hydrogens (tertiary/aromatic N) is 1. The van der Waals surface area contributed by atoms with Gasteiger partial charge in [0, 0.05) is 0 Å². The molecular formula is C13H11Cl2N3O. The van der Waals surface area contributed by atoms with Gasteiger partial charge in [-0.2, -0.15) is 5.10 Å². The molecule has 3 N–H and O–H groups in total. The maximum absolute atomic E-state index is 11.6. The van der Waals surface area contributed by atoms with Gasteiger partial charge in [0.15, 0.2) is 0 Å². The van der Waals surface area contributed by atoms with Crippen molar-refractivity contribution in [2.45, 2.75) is 6.92 Å². The molecule has 4 nitrogen and oxygen atoms in total. The van der Waals surface area contributed by atoms with Crippen molar-refractivity contribution in [1.82, 2.24) is 5.43 Å². The molecule has 2 rings (SSSR count). The van der Waals surface area contributed by atoms with Crippen molar-refractivity contribution >= 4 is 40.4 Å². The minimum atomic E-state index is -0.569. The molecule has 0 radical (unpaired) electrons. The Balaban J connectivity index is 2.53. The number of nitrogens with two attached hydrogens (primary N) is 1. The Morgan fingerprint density at radius 1 is 1.26 bits per heavy atom. The molecule has 98 valence electrons. The van der Waals surface area contributed by atoms with E-state index in [1.165, 1.54) is 0 Å². The van der Waals surface area contributed by atoms with E-state index in [1.54, 1.807) is 30.4 Å². The van der Waals surface area contributed by atoms with Crippen LogP contribution in [0.15, 0.2) is 41.1 Å². The summed E-state index contributed by atoms with van der Waals surface area (Å²) in [6, 6.07) is 4.89. The quantitative estimate of drug-likeness (QED) is 0.824. The van der Waals surface area contributed by atoms with Crippen LogP contribution in [0.25, 0.3) is 5.57 Å². The number of carbonyl (C=O) groups excluding carboxylic acids is 1. The lowest BCUT2D eigenvalue weighted by atomic mass is 10.0. The van der Waals surface area contributed by atoms with Crippen LogP contribution < -0.4 is 11.2 Å². The summed E-state index contributed by atoms with van der Waals surface area (Å²) in [5, 5.41) is 4.81. The lowest BCUT2D eigenvalue weighted by molar-refractivity contribution is -0.112. The summed E-state index contributed by atoms with van der Waals surface area (Å²) in [6.07, 6.45) is 3.53. The van der Waals surface area contributed by atoms with Crippen LogP contribution in [0, 0.1) is 0 Å². The maximum atomic E-state index is 11.6. The van der Waals surface area contributed by atoms with E-state index in [1.807, 2.05) is 6.92 Å². The number of nitrogens with one attached hydrogen (secondary N) is 1. The van der Waals surface area contributed by atoms with Gasteiger partial charge in [-0.05, 0) is 36.8 Å². The van der Waals surface area contributed by atoms with E-state index >= 15 is 0 Å². The highest BCUT2D eigenvalue weighted by Crippen LogP contribution is 2.27. The Hall–Kier alpha value is -1.78. The Morgan fingerprint density at radius 3 is 2.53 bits per heavy atom. The van der Waals surface area contributed by atoms with Gasteiger partial charge >= 0.3 is 0 Å². The van der Waals surface area contributed by atoms with Crippen molar-refractivity contribution in [2.75, 3.05) is 0 Å². The molecule has 6 heteroatoms. The summed E-state index contributed by atoms with van der Waals surface area (Å²) in [7, 11) is 0. The first-order valence-electron chi connectivity index (χ1n) is 5.47. The number of halogens is 2. The van der Waals surface area contributed by atoms with E-state index in [-0.39, 0.29) is 0 Å². The molecule has 0 fully saturated rings. The fourth-order valence-corrected chi connectivity index (χ4v) is 1.95. The van der Waals surface area contributed by atoms with E-state index < -0.39 is 5.91 Å². The van der Waals surface area contributed by atoms with Gasteiger partial charge in [-0.1, -0.05) is 29.3 Å². The van der Waals surface area contributed by atoms with Gasteiger partial charge < -0.3 is 5.73 Å². The Labute approximate surface area is 120 Å². The number of carbonyl (C=O) groups is 1. The van der Waals surface area contributed by atoms with Crippen molar-refractivity contribution in [1.29, 1.82) is 0 Å². The Bertz CT molecular complexity index is 633. The molecule has 0 atom stereocenters. The minimum Gasteiger partial charge on any atom is -0.366 e. The lowest BCUT2D eigenvalue weighted by Gasteiger charge is -2.13. The summed E-state index contributed by atoms with van der Waals surface area (Å²) in [4.78, 5) is 11.6. The van der Waals surface area contributed by atoms with Crippen LogP contribution >= 0.6 is 23.2 Å². The van der Waals surface area contributed by atoms with Gasteiger partial charge in [0.05, 0.1) is 27.0 Å². The summed E-state index contributed by atoms with van der Waals surface area (Å²) in [6.45, 7) is 1.84. The number of benzene rings is 1. The smallest absolute Gasteiger partial charge is 0.251 e. The zero-order chi connectivity index (χ0) is 14.0. The van der Waals surface area contributed by atoms with Crippen molar-refractivity contribution < 1.29 is 4.79 Å². The summed E-state index contributed by atoms with van der Waals surface area (Å²) in [5.74, 6) is -0.569. The molecule has 19 heavy (non-hydrogen) atoms. The van der Waals surface area contributed by atoms with Crippen LogP contribution in [0.2, 0.25) is 10.0 Å². The third kappa shape index (κ3) is 2.97. The molecule has 1 aromatic carbocycles. The van der Waals surface area contributed by atoms with Crippen LogP contribution in [0.3, 0.4) is 0 Å². The molecule has 1 heterocycles. The zero-order valence-corrected chi connectivity index (χ0v) is 11.6. The van der Waals surface area contributed by atoms with E-state index in [4.69, 9.17) is 28.9 Å². The number of primary amides is 1. The summed E-state index contributed by atoms with van der Waals surface area (Å²) >= 11 is 11.8. The molecular weight excluding hydrogens is 285 g/mol. The standard InChI is InChI=1S/C13H11Cl2N3O/c1-7-2-5-11(18-17-7)12(13(16)19)8-3-4-9(14)10(15)6-8/h2-6,18H,1H3,(H2,16,19)/b12-11-. The maximum Gasteiger partial charge on any atom is 0.251 e. The SMILES string of the molecule is CC1=NN/C(=C(\C(N)=O)c2ccc(Cl)c(Cl)c2)C=C1. The van der Waals surface area contributed by atoms with Crippen LogP contribution in [-0.4, -0.2) is 11.6 Å². The van der Waals surface area contributed by atoms with Crippen LogP contribution in [0.4, 0.5) is 0 Å². The molecule has 1 aliphatic heterocycles. The summed E-state index contributed by atoms with van der Waals surface area (Å²) < 4.78 is 0. The molecule has 0 bridgehead atoms. The number of hydrogen-bond donors (Lipinski definition) is 2. The molecule has 0 aliphatic carbocycles. The van der Waals surface area contributed by atoms with Gasteiger partial charge in [0.25, 0.3) is 5.91 Å². The molecule has 0 saturated carbocycles. The molecule has 0 spiro atoms. The number of hydrogen-bond acceptors (Lipinski definition) is 3. The van der Waals surface area contributed by atoms with Gasteiger partial charge in [-0.15, -0.1) is 0 Å². The predicted octanol–water partition coefficient (Wildman–Crippen LogP) is 2.73. The third-order valence-electron chi connectivity index (χ3n) is 2.57. The van der Waals surface area contributed by atoms with Gasteiger partial charge in [0.2, 0.25) is 0 Å². The first-order chi connectivity index (χ1) is 8.99. The molecule has 1 aromatic rings. The molecule has 1 amide bonds. The number of hydrazone groups is 1. The first kappa shape index (κ1) is 13.6. The Morgan fingerprint density at radius 2 is 2.00 bits per heavy atom. The second kappa shape index (κ2) is 5.47. The van der Waals surface area contributed by atoms with Gasteiger partial charge in [0.1, 0.15) is 0 Å². The van der Waals surface area contributed by atoms with Gasteiger partial charge in [-0.3, -0.25) is 10.2 Å². The van der Waals surface area contributed by atoms with Crippen LogP contribution in [0.5, 0.6) is 0 Å². The first-order valence-corrected chi connectivity index (χ1v) is 6.22. The van der Waals surface area contributed by atoms with Crippen LogP contribution in [-0.2, 0) is 4.79 Å². The molecule has 1 aliphatic rings. The van der Waals surface area contributed by atoms with E-state index in [9.17, 15) is 4.79 Å². The van der Waals surface area contributed by atoms with E-state index in [2.05, 4.69) is 10.5 Å². The fraction of sp³-hybridized carbons (Fsp3) is 0.0769. The zero-order valence-electron chi connectivity index (χ0n) is 10.1. The number of rotatable bonds is 2. The largest absolute Gasteiger partial charge is 0.366 e. The number of amides is 1. The van der Waals surface area contributed by atoms with Crippen LogP contribution in [0.1, 0.15) is 12.5 Å². The normalized spacial score (nSPS) is 16.7. The highest BCUT2D eigenvalue weighted by Gasteiger charge is 2.16. The van der Waals surface area contributed by atoms with Crippen molar-refractivity contribution in [3.8, 4) is 0 Å². The second-order valence-corrected chi connectivity index (χ2v) is 4.79. The average molecular weight is 296 g/mol. The minimum absolute atomic E-state index is 0.311. The highest BCUT2D eigenvalue weighted by atomic mass is 35.5. The van der Waals surface area contributed by atoms with Crippen molar-refractivity contribution in [3.05, 3.63) is 51.7 Å². The second-order valence-electron chi connectivity index (χ2n) is 3.98. The molecule has 0 unspecified atom stereocenters. The molecule has 0 aromatic heterocycles. The topological polar surface area (TPSA) is 67.5 Å². The lowest BCUT2D eigenvalue weighted by Crippen LogP contribution is -2.20. The van der Waals surface area contributed by atoms with Crippen molar-refractivity contribution in [2.24, 2.45) is 10.8 Å². The average Bonchev–Trinajstić information content (AvgIpc) is 2.36.